The van der Waals surface area contributed by atoms with E-state index in [1.165, 1.54) is 28.0 Å². The van der Waals surface area contributed by atoms with E-state index in [2.05, 4.69) is 32.8 Å². The van der Waals surface area contributed by atoms with E-state index in [0.717, 1.165) is 43.3 Å². The minimum atomic E-state index is -4.41. The van der Waals surface area contributed by atoms with Crippen molar-refractivity contribution in [3.8, 4) is 10.7 Å². The third-order valence-electron chi connectivity index (χ3n) is 6.77. The molecule has 1 aliphatic rings. The number of benzene rings is 2. The Labute approximate surface area is 228 Å². The molecule has 0 atom stereocenters. The van der Waals surface area contributed by atoms with E-state index in [9.17, 15) is 21.6 Å². The van der Waals surface area contributed by atoms with Crippen LogP contribution < -0.4 is 10.6 Å². The Balaban J connectivity index is 1.41. The number of halogens is 3. The molecule has 0 amide bonds. The van der Waals surface area contributed by atoms with Gasteiger partial charge in [-0.25, -0.2) is 8.42 Å². The van der Waals surface area contributed by atoms with Crippen molar-refractivity contribution < 1.29 is 21.6 Å². The molecule has 2 N–H and O–H groups in total. The van der Waals surface area contributed by atoms with Crippen molar-refractivity contribution >= 4 is 43.5 Å². The van der Waals surface area contributed by atoms with E-state index >= 15 is 0 Å². The summed E-state index contributed by atoms with van der Waals surface area (Å²) in [5.74, 6) is 0. The number of hydrogen-bond donors (Lipinski definition) is 2. The third-order valence-corrected chi connectivity index (χ3v) is 8.85. The number of aromatic nitrogens is 3. The number of likely N-dealkylation sites (tertiary alicyclic amines) is 1. The number of piperidine rings is 1. The maximum absolute atomic E-state index is 13.6. The Morgan fingerprint density at radius 2 is 1.79 bits per heavy atom. The first-order chi connectivity index (χ1) is 18.5. The highest BCUT2D eigenvalue weighted by Gasteiger charge is 2.31. The van der Waals surface area contributed by atoms with Crippen LogP contribution in [0.5, 0.6) is 0 Å². The first-order valence-electron chi connectivity index (χ1n) is 12.5. The van der Waals surface area contributed by atoms with Crippen molar-refractivity contribution in [3.05, 3.63) is 53.5 Å². The molecule has 0 radical (unpaired) electrons. The molecule has 13 heteroatoms. The van der Waals surface area contributed by atoms with E-state index in [1.54, 1.807) is 30.3 Å². The van der Waals surface area contributed by atoms with Crippen LogP contribution in [0.3, 0.4) is 0 Å². The Bertz CT molecular complexity index is 1560. The number of alkyl halides is 3. The van der Waals surface area contributed by atoms with Crippen LogP contribution in [-0.4, -0.2) is 66.7 Å². The van der Waals surface area contributed by atoms with E-state index in [4.69, 9.17) is 0 Å². The molecule has 0 aliphatic carbocycles. The van der Waals surface area contributed by atoms with E-state index in [1.807, 2.05) is 6.07 Å². The molecule has 5 rings (SSSR count). The fourth-order valence-corrected chi connectivity index (χ4v) is 6.17. The Morgan fingerprint density at radius 1 is 1.08 bits per heavy atom. The first-order valence-corrected chi connectivity index (χ1v) is 15.2. The zero-order chi connectivity index (χ0) is 27.8. The molecule has 8 nitrogen and oxygen atoms in total. The molecule has 0 saturated carbocycles. The van der Waals surface area contributed by atoms with E-state index < -0.39 is 22.6 Å². The Hall–Kier alpha value is -3.16. The van der Waals surface area contributed by atoms with E-state index in [0.29, 0.717) is 26.9 Å². The third kappa shape index (κ3) is 6.53. The van der Waals surface area contributed by atoms with Crippen molar-refractivity contribution in [3.63, 3.8) is 0 Å². The molecule has 3 heterocycles. The smallest absolute Gasteiger partial charge is 0.382 e. The van der Waals surface area contributed by atoms with Gasteiger partial charge in [0.2, 0.25) is 0 Å². The number of fused-ring (bicyclic) bond motifs is 1. The summed E-state index contributed by atoms with van der Waals surface area (Å²) in [5, 5.41) is 16.8. The van der Waals surface area contributed by atoms with Gasteiger partial charge in [0.1, 0.15) is 11.6 Å². The summed E-state index contributed by atoms with van der Waals surface area (Å²) >= 11 is 1.22. The van der Waals surface area contributed by atoms with Gasteiger partial charge in [-0.15, -0.1) is 10.2 Å². The number of hydrogen-bond acceptors (Lipinski definition) is 8. The highest BCUT2D eigenvalue weighted by Crippen LogP contribution is 2.36. The largest absolute Gasteiger partial charge is 0.406 e. The molecule has 39 heavy (non-hydrogen) atoms. The second kappa shape index (κ2) is 10.8. The van der Waals surface area contributed by atoms with Crippen molar-refractivity contribution in [2.75, 3.05) is 37.0 Å². The maximum atomic E-state index is 13.6. The molecule has 208 valence electrons. The van der Waals surface area contributed by atoms with Gasteiger partial charge in [-0.1, -0.05) is 17.4 Å². The van der Waals surface area contributed by atoms with Gasteiger partial charge in [0.05, 0.1) is 22.7 Å². The van der Waals surface area contributed by atoms with Crippen molar-refractivity contribution in [2.45, 2.75) is 43.0 Å². The number of anilines is 2. The van der Waals surface area contributed by atoms with Gasteiger partial charge in [-0.2, -0.15) is 13.2 Å². The van der Waals surface area contributed by atoms with Crippen molar-refractivity contribution in [1.82, 2.24) is 19.7 Å². The van der Waals surface area contributed by atoms with Crippen LogP contribution in [0.25, 0.3) is 21.6 Å². The van der Waals surface area contributed by atoms with E-state index in [-0.39, 0.29) is 17.5 Å². The Morgan fingerprint density at radius 3 is 2.46 bits per heavy atom. The number of nitrogens with zero attached hydrogens (tertiary/aromatic N) is 4. The standard InChI is InChI=1S/C26H29F3N6O2S2/c1-34-12-10-18(11-13-34)31-21-4-3-5-22-20(21)14-23(35(22)16-26(27,28)29)25-33-32-24(38-25)15-30-17-6-8-19(9-7-17)39(2,36)37/h3-9,14,18,30-31H,10-13,15-16H2,1-2H3. The summed E-state index contributed by atoms with van der Waals surface area (Å²) in [5.41, 5.74) is 2.35. The highest BCUT2D eigenvalue weighted by molar-refractivity contribution is 7.90. The van der Waals surface area contributed by atoms with Crippen LogP contribution in [0.2, 0.25) is 0 Å². The van der Waals surface area contributed by atoms with Crippen LogP contribution in [0, 0.1) is 0 Å². The second-order valence-corrected chi connectivity index (χ2v) is 12.9. The predicted molar refractivity (Wildman–Crippen MR) is 148 cm³/mol. The monoisotopic (exact) mass is 578 g/mol. The van der Waals surface area contributed by atoms with Gasteiger partial charge >= 0.3 is 6.18 Å². The zero-order valence-electron chi connectivity index (χ0n) is 21.5. The summed E-state index contributed by atoms with van der Waals surface area (Å²) < 4.78 is 65.5. The molecular weight excluding hydrogens is 549 g/mol. The van der Waals surface area contributed by atoms with Gasteiger partial charge < -0.3 is 20.1 Å². The van der Waals surface area contributed by atoms with Crippen LogP contribution in [0.15, 0.2) is 53.4 Å². The molecular formula is C26H29F3N6O2S2. The molecule has 1 fully saturated rings. The van der Waals surface area contributed by atoms with Gasteiger partial charge in [0.15, 0.2) is 14.8 Å². The first kappa shape index (κ1) is 27.4. The van der Waals surface area contributed by atoms with Crippen molar-refractivity contribution in [2.24, 2.45) is 0 Å². The molecule has 0 bridgehead atoms. The lowest BCUT2D eigenvalue weighted by molar-refractivity contribution is -0.139. The lowest BCUT2D eigenvalue weighted by Gasteiger charge is -2.30. The number of sulfone groups is 1. The highest BCUT2D eigenvalue weighted by atomic mass is 32.2. The Kier molecular flexibility index (Phi) is 7.57. The van der Waals surface area contributed by atoms with Gasteiger partial charge in [0.25, 0.3) is 0 Å². The SMILES string of the molecule is CN1CCC(Nc2cccc3c2cc(-c2nnc(CNc4ccc(S(C)(=O)=O)cc4)s2)n3CC(F)(F)F)CC1. The number of nitrogens with one attached hydrogen (secondary N) is 2. The average Bonchev–Trinajstić information content (AvgIpc) is 3.48. The van der Waals surface area contributed by atoms with Gasteiger partial charge in [-0.3, -0.25) is 0 Å². The van der Waals surface area contributed by atoms with Crippen LogP contribution in [0.1, 0.15) is 17.8 Å². The van der Waals surface area contributed by atoms with Crippen LogP contribution in [-0.2, 0) is 22.9 Å². The topological polar surface area (TPSA) is 92.2 Å². The summed E-state index contributed by atoms with van der Waals surface area (Å²) in [6.45, 7) is 1.09. The summed E-state index contributed by atoms with van der Waals surface area (Å²) in [4.78, 5) is 2.48. The minimum Gasteiger partial charge on any atom is -0.382 e. The lowest BCUT2D eigenvalue weighted by Crippen LogP contribution is -2.36. The summed E-state index contributed by atoms with van der Waals surface area (Å²) in [6.07, 6.45) is -1.34. The maximum Gasteiger partial charge on any atom is 0.406 e. The lowest BCUT2D eigenvalue weighted by atomic mass is 10.0. The van der Waals surface area contributed by atoms with Crippen molar-refractivity contribution in [1.29, 1.82) is 0 Å². The molecule has 1 aliphatic heterocycles. The fourth-order valence-electron chi connectivity index (χ4n) is 4.74. The summed E-state index contributed by atoms with van der Waals surface area (Å²) in [6, 6.07) is 13.7. The minimum absolute atomic E-state index is 0.216. The molecule has 0 spiro atoms. The molecule has 2 aromatic heterocycles. The predicted octanol–water partition coefficient (Wildman–Crippen LogP) is 5.24. The van der Waals surface area contributed by atoms with Crippen LogP contribution >= 0.6 is 11.3 Å². The molecule has 4 aromatic rings. The summed E-state index contributed by atoms with van der Waals surface area (Å²) in [7, 11) is -1.21. The van der Waals surface area contributed by atoms with Gasteiger partial charge in [-0.05, 0) is 75.4 Å². The fraction of sp³-hybridized carbons (Fsp3) is 0.385. The molecule has 0 unspecified atom stereocenters. The average molecular weight is 579 g/mol. The molecule has 2 aromatic carbocycles. The normalized spacial score (nSPS) is 15.6. The zero-order valence-corrected chi connectivity index (χ0v) is 23.1. The molecule has 1 saturated heterocycles. The quantitative estimate of drug-likeness (QED) is 0.295. The van der Waals surface area contributed by atoms with Crippen LogP contribution in [0.4, 0.5) is 24.5 Å². The number of rotatable bonds is 8. The second-order valence-electron chi connectivity index (χ2n) is 9.84. The van der Waals surface area contributed by atoms with Gasteiger partial charge in [0, 0.05) is 29.1 Å².